The van der Waals surface area contributed by atoms with E-state index in [2.05, 4.69) is 20.6 Å². The van der Waals surface area contributed by atoms with Gasteiger partial charge in [0.25, 0.3) is 0 Å². The Labute approximate surface area is 213 Å². The summed E-state index contributed by atoms with van der Waals surface area (Å²) >= 11 is 0. The van der Waals surface area contributed by atoms with Crippen LogP contribution in [0.4, 0.5) is 13.2 Å². The average Bonchev–Trinajstić information content (AvgIpc) is 3.46. The van der Waals surface area contributed by atoms with Gasteiger partial charge in [-0.3, -0.25) is 9.13 Å². The van der Waals surface area contributed by atoms with Crippen LogP contribution < -0.4 is 5.69 Å². The second-order valence-corrected chi connectivity index (χ2v) is 10.1. The van der Waals surface area contributed by atoms with Crippen LogP contribution in [-0.2, 0) is 25.7 Å². The monoisotopic (exact) mass is 512 g/mol. The molecule has 0 aliphatic heterocycles. The maximum Gasteiger partial charge on any atom is 0.433 e. The van der Waals surface area contributed by atoms with Crippen LogP contribution in [0.5, 0.6) is 0 Å². The summed E-state index contributed by atoms with van der Waals surface area (Å²) in [7, 11) is 0. The second-order valence-electron chi connectivity index (χ2n) is 10.1. The minimum atomic E-state index is -4.62. The molecule has 2 aromatic carbocycles. The Hall–Kier alpha value is -3.69. The van der Waals surface area contributed by atoms with Crippen LogP contribution in [0.1, 0.15) is 51.1 Å². The highest BCUT2D eigenvalue weighted by molar-refractivity contribution is 5.80. The van der Waals surface area contributed by atoms with Crippen molar-refractivity contribution in [1.29, 1.82) is 0 Å². The Morgan fingerprint density at radius 1 is 0.919 bits per heavy atom. The molecule has 0 unspecified atom stereocenters. The summed E-state index contributed by atoms with van der Waals surface area (Å²) in [5, 5.41) is 14.1. The van der Waals surface area contributed by atoms with Gasteiger partial charge >= 0.3 is 11.9 Å². The highest BCUT2D eigenvalue weighted by atomic mass is 19.4. The fourth-order valence-corrected chi connectivity index (χ4v) is 4.52. The normalized spacial score (nSPS) is 12.1. The molecule has 196 valence electrons. The first-order valence-corrected chi connectivity index (χ1v) is 12.4. The van der Waals surface area contributed by atoms with Gasteiger partial charge < -0.3 is 0 Å². The molecule has 0 radical (unpaired) electrons. The van der Waals surface area contributed by atoms with Gasteiger partial charge in [-0.1, -0.05) is 76.2 Å². The van der Waals surface area contributed by atoms with E-state index >= 15 is 0 Å². The molecule has 0 fully saturated rings. The standard InChI is InChI=1S/C27H31F3N6O/c1-17(2)9-14-23-24(27(28,29)30)36(15-18(3)4)26(37)35(23)16-19-10-12-20(13-11-19)21-7-5-6-8-22(21)25-31-33-34-32-25/h5-8,10-13,17-18H,9,14-16H2,1-4H3,(H,31,32,33,34). The summed E-state index contributed by atoms with van der Waals surface area (Å²) in [6, 6.07) is 15.1. The third-order valence-electron chi connectivity index (χ3n) is 6.24. The molecular weight excluding hydrogens is 481 g/mol. The van der Waals surface area contributed by atoms with Crippen LogP contribution in [0, 0.1) is 11.8 Å². The lowest BCUT2D eigenvalue weighted by atomic mass is 9.98. The van der Waals surface area contributed by atoms with E-state index in [1.54, 1.807) is 0 Å². The molecule has 0 aliphatic rings. The maximum absolute atomic E-state index is 14.2. The number of imidazole rings is 1. The lowest BCUT2D eigenvalue weighted by Gasteiger charge is -2.15. The largest absolute Gasteiger partial charge is 0.433 e. The van der Waals surface area contributed by atoms with Crippen LogP contribution in [-0.4, -0.2) is 29.8 Å². The van der Waals surface area contributed by atoms with Crippen molar-refractivity contribution in [3.63, 3.8) is 0 Å². The molecule has 1 N–H and O–H groups in total. The Morgan fingerprint density at radius 3 is 2.16 bits per heavy atom. The molecule has 37 heavy (non-hydrogen) atoms. The Balaban J connectivity index is 1.73. The van der Waals surface area contributed by atoms with E-state index in [4.69, 9.17) is 0 Å². The van der Waals surface area contributed by atoms with Crippen LogP contribution in [0.3, 0.4) is 0 Å². The van der Waals surface area contributed by atoms with E-state index in [0.29, 0.717) is 12.2 Å². The predicted molar refractivity (Wildman–Crippen MR) is 136 cm³/mol. The molecule has 0 amide bonds. The van der Waals surface area contributed by atoms with Gasteiger partial charge in [-0.25, -0.2) is 9.89 Å². The Kier molecular flexibility index (Phi) is 7.65. The highest BCUT2D eigenvalue weighted by Gasteiger charge is 2.40. The quantitative estimate of drug-likeness (QED) is 0.307. The molecule has 2 heterocycles. The smallest absolute Gasteiger partial charge is 0.291 e. The highest BCUT2D eigenvalue weighted by Crippen LogP contribution is 2.34. The molecule has 7 nitrogen and oxygen atoms in total. The topological polar surface area (TPSA) is 81.4 Å². The number of hydrogen-bond donors (Lipinski definition) is 1. The summed E-state index contributed by atoms with van der Waals surface area (Å²) in [6.07, 6.45) is -3.88. The van der Waals surface area contributed by atoms with E-state index < -0.39 is 17.6 Å². The summed E-state index contributed by atoms with van der Waals surface area (Å²) in [6.45, 7) is 7.63. The fraction of sp³-hybridized carbons (Fsp3) is 0.407. The Morgan fingerprint density at radius 2 is 1.59 bits per heavy atom. The lowest BCUT2D eigenvalue weighted by molar-refractivity contribution is -0.144. The number of nitrogens with one attached hydrogen (secondary N) is 1. The molecule has 0 spiro atoms. The molecule has 0 bridgehead atoms. The van der Waals surface area contributed by atoms with E-state index in [-0.39, 0.29) is 37.0 Å². The van der Waals surface area contributed by atoms with Crippen molar-refractivity contribution in [3.8, 4) is 22.5 Å². The number of alkyl halides is 3. The molecule has 0 atom stereocenters. The van der Waals surface area contributed by atoms with Gasteiger partial charge in [-0.2, -0.15) is 13.2 Å². The zero-order chi connectivity index (χ0) is 26.7. The fourth-order valence-electron chi connectivity index (χ4n) is 4.52. The molecule has 10 heteroatoms. The second kappa shape index (κ2) is 10.7. The number of benzene rings is 2. The summed E-state index contributed by atoms with van der Waals surface area (Å²) in [4.78, 5) is 13.3. The van der Waals surface area contributed by atoms with Crippen molar-refractivity contribution >= 4 is 0 Å². The zero-order valence-corrected chi connectivity index (χ0v) is 21.4. The van der Waals surface area contributed by atoms with Crippen LogP contribution >= 0.6 is 0 Å². The molecular formula is C27H31F3N6O. The van der Waals surface area contributed by atoms with Crippen molar-refractivity contribution in [2.45, 2.75) is 59.8 Å². The molecule has 4 rings (SSSR count). The van der Waals surface area contributed by atoms with Gasteiger partial charge in [0.2, 0.25) is 0 Å². The van der Waals surface area contributed by atoms with Crippen molar-refractivity contribution in [3.05, 3.63) is 76.0 Å². The molecule has 0 saturated heterocycles. The summed E-state index contributed by atoms with van der Waals surface area (Å²) in [5.41, 5.74) is 1.99. The Bertz CT molecular complexity index is 1380. The van der Waals surface area contributed by atoms with Crippen molar-refractivity contribution in [2.75, 3.05) is 0 Å². The summed E-state index contributed by atoms with van der Waals surface area (Å²) < 4.78 is 44.9. The minimum absolute atomic E-state index is 0.0154. The first kappa shape index (κ1) is 26.4. The third kappa shape index (κ3) is 5.84. The number of rotatable bonds is 9. The minimum Gasteiger partial charge on any atom is -0.291 e. The van der Waals surface area contributed by atoms with E-state index in [1.807, 2.05) is 76.2 Å². The molecule has 2 aromatic heterocycles. The maximum atomic E-state index is 14.2. The van der Waals surface area contributed by atoms with Crippen LogP contribution in [0.2, 0.25) is 0 Å². The zero-order valence-electron chi connectivity index (χ0n) is 21.4. The number of aromatic nitrogens is 6. The molecule has 4 aromatic rings. The van der Waals surface area contributed by atoms with Gasteiger partial charge in [0.15, 0.2) is 5.82 Å². The average molecular weight is 513 g/mol. The van der Waals surface area contributed by atoms with Gasteiger partial charge in [-0.05, 0) is 51.8 Å². The third-order valence-corrected chi connectivity index (χ3v) is 6.24. The van der Waals surface area contributed by atoms with Gasteiger partial charge in [0.05, 0.1) is 12.2 Å². The predicted octanol–water partition coefficient (Wildman–Crippen LogP) is 5.81. The van der Waals surface area contributed by atoms with Crippen molar-refractivity contribution in [1.82, 2.24) is 29.8 Å². The van der Waals surface area contributed by atoms with Crippen molar-refractivity contribution < 1.29 is 13.2 Å². The molecule has 0 aliphatic carbocycles. The number of tetrazole rings is 1. The number of hydrogen-bond acceptors (Lipinski definition) is 4. The van der Waals surface area contributed by atoms with Crippen LogP contribution in [0.25, 0.3) is 22.5 Å². The van der Waals surface area contributed by atoms with Gasteiger partial charge in [-0.15, -0.1) is 5.10 Å². The molecule has 0 saturated carbocycles. The number of nitrogens with zero attached hydrogens (tertiary/aromatic N) is 5. The first-order valence-electron chi connectivity index (χ1n) is 12.4. The van der Waals surface area contributed by atoms with Crippen LogP contribution in [0.15, 0.2) is 53.3 Å². The SMILES string of the molecule is CC(C)CCc1c(C(F)(F)F)n(CC(C)C)c(=O)n1Cc1ccc(-c2ccccc2-c2nnn[nH]2)cc1. The van der Waals surface area contributed by atoms with Crippen molar-refractivity contribution in [2.24, 2.45) is 11.8 Å². The number of H-pyrrole nitrogens is 1. The summed E-state index contributed by atoms with van der Waals surface area (Å²) in [5.74, 6) is 0.635. The van der Waals surface area contributed by atoms with E-state index in [1.165, 1.54) is 4.57 Å². The van der Waals surface area contributed by atoms with Gasteiger partial charge in [0, 0.05) is 12.1 Å². The first-order chi connectivity index (χ1) is 17.6. The lowest BCUT2D eigenvalue weighted by Crippen LogP contribution is -2.28. The number of halogens is 3. The number of aromatic amines is 1. The van der Waals surface area contributed by atoms with E-state index in [9.17, 15) is 18.0 Å². The van der Waals surface area contributed by atoms with E-state index in [0.717, 1.165) is 26.8 Å². The van der Waals surface area contributed by atoms with Gasteiger partial charge in [0.1, 0.15) is 5.69 Å².